The first-order chi connectivity index (χ1) is 10.2. The fourth-order valence-electron chi connectivity index (χ4n) is 4.09. The van der Waals surface area contributed by atoms with Crippen molar-refractivity contribution in [3.8, 4) is 5.75 Å². The molecule has 1 aromatic rings. The molecule has 1 atom stereocenters. The summed E-state index contributed by atoms with van der Waals surface area (Å²) in [4.78, 5) is 2.55. The summed E-state index contributed by atoms with van der Waals surface area (Å²) < 4.78 is 5.29. The van der Waals surface area contributed by atoms with Crippen molar-refractivity contribution in [2.45, 2.75) is 44.6 Å². The molecule has 1 saturated heterocycles. The van der Waals surface area contributed by atoms with Crippen molar-refractivity contribution in [1.82, 2.24) is 4.90 Å². The van der Waals surface area contributed by atoms with E-state index in [2.05, 4.69) is 17.0 Å². The fourth-order valence-corrected chi connectivity index (χ4v) is 4.09. The molecule has 0 amide bonds. The van der Waals surface area contributed by atoms with Gasteiger partial charge in [-0.15, -0.1) is 0 Å². The highest BCUT2D eigenvalue weighted by molar-refractivity contribution is 5.30. The van der Waals surface area contributed by atoms with Crippen molar-refractivity contribution in [1.29, 1.82) is 0 Å². The quantitative estimate of drug-likeness (QED) is 0.923. The molecule has 1 heterocycles. The third-order valence-electron chi connectivity index (χ3n) is 5.56. The van der Waals surface area contributed by atoms with Crippen LogP contribution in [-0.4, -0.2) is 31.6 Å². The Bertz CT molecular complexity index is 458. The minimum Gasteiger partial charge on any atom is -0.497 e. The molecular formula is C18H28N2O. The van der Waals surface area contributed by atoms with Crippen LogP contribution in [0, 0.1) is 5.41 Å². The van der Waals surface area contributed by atoms with Crippen molar-refractivity contribution in [2.24, 2.45) is 11.1 Å². The number of nitrogens with two attached hydrogens (primary N) is 1. The molecule has 1 spiro atoms. The zero-order valence-corrected chi connectivity index (χ0v) is 13.2. The van der Waals surface area contributed by atoms with Crippen molar-refractivity contribution in [2.75, 3.05) is 26.7 Å². The summed E-state index contributed by atoms with van der Waals surface area (Å²) in [5.74, 6) is 0.895. The average Bonchev–Trinajstić information content (AvgIpc) is 2.98. The topological polar surface area (TPSA) is 38.5 Å². The Morgan fingerprint density at radius 3 is 2.57 bits per heavy atom. The average molecular weight is 288 g/mol. The standard InChI is InChI=1S/C18H28N2O/c1-21-16-6-4-5-15(13-16)17(19)14-20-11-9-18(10-12-20)7-2-3-8-18/h4-6,13,17H,2-3,7-12,14,19H2,1H3. The highest BCUT2D eigenvalue weighted by Crippen LogP contribution is 2.46. The van der Waals surface area contributed by atoms with Gasteiger partial charge in [0.1, 0.15) is 5.75 Å². The van der Waals surface area contributed by atoms with Gasteiger partial charge in [0.05, 0.1) is 7.11 Å². The SMILES string of the molecule is COc1cccc(C(N)CN2CCC3(CCCC3)CC2)c1. The normalized spacial score (nSPS) is 23.3. The summed E-state index contributed by atoms with van der Waals surface area (Å²) in [5.41, 5.74) is 8.26. The summed E-state index contributed by atoms with van der Waals surface area (Å²) in [6.45, 7) is 3.40. The predicted molar refractivity (Wildman–Crippen MR) is 86.5 cm³/mol. The first-order valence-corrected chi connectivity index (χ1v) is 8.33. The Morgan fingerprint density at radius 1 is 1.19 bits per heavy atom. The number of hydrogen-bond acceptors (Lipinski definition) is 3. The lowest BCUT2D eigenvalue weighted by Gasteiger charge is -2.40. The van der Waals surface area contributed by atoms with E-state index in [1.807, 2.05) is 12.1 Å². The Balaban J connectivity index is 1.54. The second kappa shape index (κ2) is 6.37. The van der Waals surface area contributed by atoms with E-state index in [1.54, 1.807) is 7.11 Å². The number of piperidine rings is 1. The molecular weight excluding hydrogens is 260 g/mol. The van der Waals surface area contributed by atoms with Gasteiger partial charge in [0.15, 0.2) is 0 Å². The van der Waals surface area contributed by atoms with E-state index < -0.39 is 0 Å². The number of ether oxygens (including phenoxy) is 1. The minimum absolute atomic E-state index is 0.0812. The maximum atomic E-state index is 6.40. The molecule has 2 N–H and O–H groups in total. The molecule has 0 aromatic heterocycles. The van der Waals surface area contributed by atoms with Crippen molar-refractivity contribution >= 4 is 0 Å². The Hall–Kier alpha value is -1.06. The van der Waals surface area contributed by atoms with Gasteiger partial charge in [-0.1, -0.05) is 25.0 Å². The van der Waals surface area contributed by atoms with Crippen LogP contribution in [0.25, 0.3) is 0 Å². The van der Waals surface area contributed by atoms with Gasteiger partial charge < -0.3 is 15.4 Å². The highest BCUT2D eigenvalue weighted by atomic mass is 16.5. The summed E-state index contributed by atoms with van der Waals surface area (Å²) in [6.07, 6.45) is 8.56. The van der Waals surface area contributed by atoms with Gasteiger partial charge in [-0.25, -0.2) is 0 Å². The number of benzene rings is 1. The summed E-state index contributed by atoms with van der Waals surface area (Å²) in [7, 11) is 1.70. The Kier molecular flexibility index (Phi) is 4.51. The fraction of sp³-hybridized carbons (Fsp3) is 0.667. The van der Waals surface area contributed by atoms with Crippen LogP contribution in [0.1, 0.15) is 50.1 Å². The second-order valence-corrected chi connectivity index (χ2v) is 6.89. The van der Waals surface area contributed by atoms with Crippen LogP contribution < -0.4 is 10.5 Å². The van der Waals surface area contributed by atoms with E-state index in [0.717, 1.165) is 12.3 Å². The van der Waals surface area contributed by atoms with E-state index in [0.29, 0.717) is 5.41 Å². The van der Waals surface area contributed by atoms with Crippen LogP contribution in [0.5, 0.6) is 5.75 Å². The first-order valence-electron chi connectivity index (χ1n) is 8.33. The number of rotatable bonds is 4. The molecule has 3 heteroatoms. The zero-order valence-electron chi connectivity index (χ0n) is 13.2. The second-order valence-electron chi connectivity index (χ2n) is 6.89. The van der Waals surface area contributed by atoms with Gasteiger partial charge >= 0.3 is 0 Å². The van der Waals surface area contributed by atoms with Crippen molar-refractivity contribution in [3.05, 3.63) is 29.8 Å². The Labute approximate surface area is 128 Å². The molecule has 21 heavy (non-hydrogen) atoms. The number of methoxy groups -OCH3 is 1. The number of hydrogen-bond donors (Lipinski definition) is 1. The van der Waals surface area contributed by atoms with E-state index in [-0.39, 0.29) is 6.04 Å². The van der Waals surface area contributed by atoms with Crippen molar-refractivity contribution < 1.29 is 4.74 Å². The predicted octanol–water partition coefficient (Wildman–Crippen LogP) is 3.35. The van der Waals surface area contributed by atoms with Crippen LogP contribution in [-0.2, 0) is 0 Å². The van der Waals surface area contributed by atoms with Crippen LogP contribution in [0.3, 0.4) is 0 Å². The highest BCUT2D eigenvalue weighted by Gasteiger charge is 2.36. The third-order valence-corrected chi connectivity index (χ3v) is 5.56. The summed E-state index contributed by atoms with van der Waals surface area (Å²) >= 11 is 0. The summed E-state index contributed by atoms with van der Waals surface area (Å²) in [6, 6.07) is 8.25. The molecule has 0 bridgehead atoms. The molecule has 1 aliphatic heterocycles. The van der Waals surface area contributed by atoms with Crippen LogP contribution in [0.2, 0.25) is 0 Å². The monoisotopic (exact) mass is 288 g/mol. The molecule has 116 valence electrons. The number of likely N-dealkylation sites (tertiary alicyclic amines) is 1. The van der Waals surface area contributed by atoms with Crippen molar-refractivity contribution in [3.63, 3.8) is 0 Å². The lowest BCUT2D eigenvalue weighted by atomic mass is 9.77. The molecule has 2 aliphatic rings. The molecule has 2 fully saturated rings. The third kappa shape index (κ3) is 3.41. The molecule has 0 radical (unpaired) electrons. The van der Waals surface area contributed by atoms with E-state index in [9.17, 15) is 0 Å². The largest absolute Gasteiger partial charge is 0.497 e. The van der Waals surface area contributed by atoms with Crippen LogP contribution in [0.4, 0.5) is 0 Å². The van der Waals surface area contributed by atoms with Gasteiger partial charge in [0, 0.05) is 12.6 Å². The molecule has 1 unspecified atom stereocenters. The van der Waals surface area contributed by atoms with Gasteiger partial charge in [-0.2, -0.15) is 0 Å². The molecule has 1 aromatic carbocycles. The smallest absolute Gasteiger partial charge is 0.119 e. The maximum Gasteiger partial charge on any atom is 0.119 e. The molecule has 1 aliphatic carbocycles. The van der Waals surface area contributed by atoms with Gasteiger partial charge in [-0.05, 0) is 61.9 Å². The molecule has 3 nitrogen and oxygen atoms in total. The van der Waals surface area contributed by atoms with Gasteiger partial charge in [0.25, 0.3) is 0 Å². The lowest BCUT2D eigenvalue weighted by Crippen LogP contribution is -2.42. The summed E-state index contributed by atoms with van der Waals surface area (Å²) in [5, 5.41) is 0. The zero-order chi connectivity index (χ0) is 14.7. The van der Waals surface area contributed by atoms with E-state index >= 15 is 0 Å². The lowest BCUT2D eigenvalue weighted by molar-refractivity contribution is 0.104. The van der Waals surface area contributed by atoms with E-state index in [4.69, 9.17) is 10.5 Å². The maximum absolute atomic E-state index is 6.40. The van der Waals surface area contributed by atoms with Crippen LogP contribution in [0.15, 0.2) is 24.3 Å². The van der Waals surface area contributed by atoms with E-state index in [1.165, 1.54) is 57.2 Å². The van der Waals surface area contributed by atoms with Gasteiger partial charge in [0.2, 0.25) is 0 Å². The first kappa shape index (κ1) is 14.9. The molecule has 1 saturated carbocycles. The molecule has 3 rings (SSSR count). The Morgan fingerprint density at radius 2 is 1.90 bits per heavy atom. The van der Waals surface area contributed by atoms with Gasteiger partial charge in [-0.3, -0.25) is 0 Å². The van der Waals surface area contributed by atoms with Crippen LogP contribution >= 0.6 is 0 Å². The minimum atomic E-state index is 0.0812. The number of nitrogens with zero attached hydrogens (tertiary/aromatic N) is 1.